The molecule has 0 unspecified atom stereocenters. The van der Waals surface area contributed by atoms with Crippen LogP contribution in [0.15, 0.2) is 54.6 Å². The van der Waals surface area contributed by atoms with Crippen molar-refractivity contribution in [1.29, 1.82) is 5.26 Å². The highest BCUT2D eigenvalue weighted by Crippen LogP contribution is 2.41. The number of carbonyl (C=O) groups excluding carboxylic acids is 2. The lowest BCUT2D eigenvalue weighted by molar-refractivity contribution is 0.0551. The van der Waals surface area contributed by atoms with Gasteiger partial charge in [-0.15, -0.1) is 0 Å². The number of aromatic nitrogens is 2. The van der Waals surface area contributed by atoms with E-state index in [1.165, 1.54) is 7.11 Å². The number of ether oxygens (including phenoxy) is 4. The lowest BCUT2D eigenvalue weighted by Gasteiger charge is -2.17. The number of nitrogen functional groups attached to an aromatic ring is 1. The molecule has 0 radical (unpaired) electrons. The Labute approximate surface area is 205 Å². The van der Waals surface area contributed by atoms with Gasteiger partial charge in [0.2, 0.25) is 5.88 Å². The average molecular weight is 484 g/mol. The molecule has 4 aromatic rings. The van der Waals surface area contributed by atoms with Gasteiger partial charge in [-0.2, -0.15) is 10.2 Å². The van der Waals surface area contributed by atoms with Crippen molar-refractivity contribution in [3.8, 4) is 34.6 Å². The van der Waals surface area contributed by atoms with Crippen LogP contribution in [0.4, 0.5) is 5.69 Å². The van der Waals surface area contributed by atoms with Gasteiger partial charge in [-0.3, -0.25) is 0 Å². The zero-order valence-electron chi connectivity index (χ0n) is 19.6. The maximum absolute atomic E-state index is 12.6. The lowest BCUT2D eigenvalue weighted by Crippen LogP contribution is -2.18. The average Bonchev–Trinajstić information content (AvgIpc) is 2.92. The second kappa shape index (κ2) is 9.99. The van der Waals surface area contributed by atoms with E-state index < -0.39 is 11.9 Å². The van der Waals surface area contributed by atoms with E-state index in [-0.39, 0.29) is 39.4 Å². The Bertz CT molecular complexity index is 1510. The van der Waals surface area contributed by atoms with Crippen molar-refractivity contribution < 1.29 is 28.5 Å². The number of rotatable bonds is 6. The van der Waals surface area contributed by atoms with Gasteiger partial charge in [0.1, 0.15) is 28.7 Å². The fourth-order valence-corrected chi connectivity index (χ4v) is 3.68. The van der Waals surface area contributed by atoms with E-state index in [2.05, 4.69) is 16.0 Å². The predicted octanol–water partition coefficient (Wildman–Crippen LogP) is 4.12. The first kappa shape index (κ1) is 24.0. The van der Waals surface area contributed by atoms with E-state index in [1.807, 2.05) is 6.07 Å². The molecule has 36 heavy (non-hydrogen) atoms. The molecule has 0 aliphatic rings. The molecule has 180 valence electrons. The minimum absolute atomic E-state index is 0.0312. The van der Waals surface area contributed by atoms with Gasteiger partial charge in [-0.25, -0.2) is 14.6 Å². The van der Waals surface area contributed by atoms with Gasteiger partial charge < -0.3 is 24.7 Å². The molecule has 0 aliphatic carbocycles. The second-order valence-corrected chi connectivity index (χ2v) is 7.35. The van der Waals surface area contributed by atoms with Gasteiger partial charge >= 0.3 is 11.9 Å². The second-order valence-electron chi connectivity index (χ2n) is 7.35. The Morgan fingerprint density at radius 3 is 2.14 bits per heavy atom. The number of nitrogens with zero attached hydrogens (tertiary/aromatic N) is 3. The highest BCUT2D eigenvalue weighted by molar-refractivity contribution is 6.15. The third-order valence-corrected chi connectivity index (χ3v) is 5.35. The van der Waals surface area contributed by atoms with Crippen molar-refractivity contribution in [1.82, 2.24) is 9.97 Å². The number of methoxy groups -OCH3 is 3. The Morgan fingerprint density at radius 2 is 1.56 bits per heavy atom. The molecule has 0 saturated carbocycles. The van der Waals surface area contributed by atoms with Gasteiger partial charge in [0.05, 0.1) is 32.4 Å². The highest BCUT2D eigenvalue weighted by Gasteiger charge is 2.30. The third kappa shape index (κ3) is 4.21. The van der Waals surface area contributed by atoms with Crippen molar-refractivity contribution in [2.24, 2.45) is 0 Å². The summed E-state index contributed by atoms with van der Waals surface area (Å²) in [6.07, 6.45) is 0. The van der Waals surface area contributed by atoms with E-state index >= 15 is 0 Å². The first-order valence-electron chi connectivity index (χ1n) is 10.5. The zero-order valence-corrected chi connectivity index (χ0v) is 19.6. The van der Waals surface area contributed by atoms with Gasteiger partial charge in [0.15, 0.2) is 11.3 Å². The van der Waals surface area contributed by atoms with Crippen LogP contribution in [0, 0.1) is 11.3 Å². The number of hydrogen-bond acceptors (Lipinski definition) is 10. The van der Waals surface area contributed by atoms with Gasteiger partial charge in [-0.05, 0) is 29.8 Å². The van der Waals surface area contributed by atoms with Crippen LogP contribution in [0.2, 0.25) is 0 Å². The monoisotopic (exact) mass is 484 g/mol. The number of pyridine rings is 2. The Kier molecular flexibility index (Phi) is 6.65. The molecule has 0 atom stereocenters. The maximum Gasteiger partial charge on any atom is 0.357 e. The Hall–Kier alpha value is -5.17. The first-order chi connectivity index (χ1) is 17.4. The van der Waals surface area contributed by atoms with Crippen molar-refractivity contribution in [3.63, 3.8) is 0 Å². The first-order valence-corrected chi connectivity index (χ1v) is 10.5. The van der Waals surface area contributed by atoms with Crippen LogP contribution in [0.25, 0.3) is 22.2 Å². The van der Waals surface area contributed by atoms with Crippen molar-refractivity contribution in [3.05, 3.63) is 71.4 Å². The molecule has 0 aliphatic heterocycles. The number of nitrogens with two attached hydrogens (primary N) is 1. The minimum Gasteiger partial charge on any atom is -0.497 e. The molecule has 0 bridgehead atoms. The fraction of sp³-hybridized carbons (Fsp3) is 0.115. The fourth-order valence-electron chi connectivity index (χ4n) is 3.68. The summed E-state index contributed by atoms with van der Waals surface area (Å²) >= 11 is 0. The largest absolute Gasteiger partial charge is 0.497 e. The van der Waals surface area contributed by atoms with E-state index in [1.54, 1.807) is 48.5 Å². The number of para-hydroxylation sites is 1. The molecule has 2 N–H and O–H groups in total. The molecule has 2 aromatic carbocycles. The van der Waals surface area contributed by atoms with Gasteiger partial charge in [0.25, 0.3) is 0 Å². The van der Waals surface area contributed by atoms with Gasteiger partial charge in [0, 0.05) is 5.56 Å². The summed E-state index contributed by atoms with van der Waals surface area (Å²) in [6.45, 7) is 0. The lowest BCUT2D eigenvalue weighted by atomic mass is 9.94. The van der Waals surface area contributed by atoms with Crippen molar-refractivity contribution in [2.45, 2.75) is 0 Å². The third-order valence-electron chi connectivity index (χ3n) is 5.35. The molecular weight excluding hydrogens is 464 g/mol. The van der Waals surface area contributed by atoms with Crippen LogP contribution in [0.1, 0.15) is 26.4 Å². The van der Waals surface area contributed by atoms with Crippen molar-refractivity contribution >= 4 is 28.7 Å². The summed E-state index contributed by atoms with van der Waals surface area (Å²) < 4.78 is 20.8. The zero-order chi connectivity index (χ0) is 25.8. The molecule has 2 heterocycles. The molecule has 0 spiro atoms. The van der Waals surface area contributed by atoms with Crippen molar-refractivity contribution in [2.75, 3.05) is 27.1 Å². The summed E-state index contributed by atoms with van der Waals surface area (Å²) in [5, 5.41) is 10.3. The minimum atomic E-state index is -0.910. The predicted molar refractivity (Wildman–Crippen MR) is 130 cm³/mol. The number of nitriles is 1. The quantitative estimate of drug-likeness (QED) is 0.396. The maximum atomic E-state index is 12.6. The molecule has 0 fully saturated rings. The van der Waals surface area contributed by atoms with E-state index in [9.17, 15) is 14.9 Å². The van der Waals surface area contributed by atoms with Crippen LogP contribution in [-0.4, -0.2) is 43.2 Å². The molecule has 0 amide bonds. The molecule has 10 heteroatoms. The van der Waals surface area contributed by atoms with E-state index in [4.69, 9.17) is 24.7 Å². The summed E-state index contributed by atoms with van der Waals surface area (Å²) in [5.74, 6) is -0.854. The van der Waals surface area contributed by atoms with E-state index in [0.29, 0.717) is 22.6 Å². The molecule has 4 rings (SSSR count). The van der Waals surface area contributed by atoms with Crippen LogP contribution >= 0.6 is 0 Å². The molecule has 10 nitrogen and oxygen atoms in total. The van der Waals surface area contributed by atoms with E-state index in [0.717, 1.165) is 14.2 Å². The van der Waals surface area contributed by atoms with Crippen LogP contribution < -0.4 is 15.2 Å². The van der Waals surface area contributed by atoms with Crippen LogP contribution in [-0.2, 0) is 9.47 Å². The smallest absolute Gasteiger partial charge is 0.357 e. The number of esters is 2. The summed E-state index contributed by atoms with van der Waals surface area (Å²) in [7, 11) is 3.82. The van der Waals surface area contributed by atoms with Crippen LogP contribution in [0.3, 0.4) is 0 Å². The molecule has 0 saturated heterocycles. The summed E-state index contributed by atoms with van der Waals surface area (Å²) in [6, 6.07) is 17.7. The number of benzene rings is 2. The normalized spacial score (nSPS) is 10.4. The topological polar surface area (TPSA) is 147 Å². The molecular formula is C26H20N4O6. The Balaban J connectivity index is 2.14. The number of hydrogen-bond donors (Lipinski definition) is 1. The number of carbonyl (C=O) groups is 2. The SMILES string of the molecule is COC(=O)c1nc2nc(Oc3ccccc3)c(C#N)c(-c3ccc(OC)cc3)c2c(N)c1C(=O)OC. The Morgan fingerprint density at radius 1 is 0.889 bits per heavy atom. The number of fused-ring (bicyclic) bond motifs is 1. The highest BCUT2D eigenvalue weighted by atomic mass is 16.5. The van der Waals surface area contributed by atoms with Crippen LogP contribution in [0.5, 0.6) is 17.4 Å². The standard InChI is InChI=1S/C26H20N4O6/c1-33-15-11-9-14(10-12-15)18-17(13-27)24(36-16-7-5-4-6-8-16)30-23-19(18)21(28)20(25(31)34-2)22(29-23)26(32)35-3/h4-12H,1-3H3,(H2,28,29,30). The number of anilines is 1. The summed E-state index contributed by atoms with van der Waals surface area (Å²) in [5.41, 5.74) is 6.50. The van der Waals surface area contributed by atoms with Gasteiger partial charge in [-0.1, -0.05) is 30.3 Å². The summed E-state index contributed by atoms with van der Waals surface area (Å²) in [4.78, 5) is 33.8. The molecule has 2 aromatic heterocycles.